The fourth-order valence-electron chi connectivity index (χ4n) is 2.93. The Bertz CT molecular complexity index is 455. The number of rotatable bonds is 5. The Morgan fingerprint density at radius 1 is 1.43 bits per heavy atom. The third kappa shape index (κ3) is 4.45. The van der Waals surface area contributed by atoms with E-state index in [2.05, 4.69) is 10.4 Å². The number of hydrogen-bond acceptors (Lipinski definition) is 3. The summed E-state index contributed by atoms with van der Waals surface area (Å²) in [5.74, 6) is 0.551. The van der Waals surface area contributed by atoms with Crippen LogP contribution in [-0.2, 0) is 7.05 Å². The van der Waals surface area contributed by atoms with Crippen molar-refractivity contribution >= 4 is 18.3 Å². The van der Waals surface area contributed by atoms with Gasteiger partial charge in [0.05, 0.1) is 11.3 Å². The lowest BCUT2D eigenvalue weighted by Gasteiger charge is -2.22. The average molecular weight is 315 g/mol. The fraction of sp³-hybridized carbons (Fsp3) is 0.733. The largest absolute Gasteiger partial charge is 0.340 e. The Hall–Kier alpha value is -1.07. The van der Waals surface area contributed by atoms with E-state index in [0.29, 0.717) is 12.5 Å². The van der Waals surface area contributed by atoms with Gasteiger partial charge in [0.2, 0.25) is 0 Å². The van der Waals surface area contributed by atoms with Crippen molar-refractivity contribution in [3.63, 3.8) is 0 Å². The van der Waals surface area contributed by atoms with Crippen LogP contribution < -0.4 is 5.32 Å². The van der Waals surface area contributed by atoms with Gasteiger partial charge in [-0.3, -0.25) is 9.48 Å². The highest BCUT2D eigenvalue weighted by atomic mass is 35.5. The summed E-state index contributed by atoms with van der Waals surface area (Å²) in [6.45, 7) is 1.52. The van der Waals surface area contributed by atoms with Gasteiger partial charge in [-0.1, -0.05) is 19.3 Å². The van der Waals surface area contributed by atoms with Crippen LogP contribution in [0, 0.1) is 0 Å². The predicted octanol–water partition coefficient (Wildman–Crippen LogP) is 2.18. The van der Waals surface area contributed by atoms with Crippen LogP contribution in [0.1, 0.15) is 54.1 Å². The van der Waals surface area contributed by atoms with Crippen molar-refractivity contribution in [1.82, 2.24) is 20.0 Å². The van der Waals surface area contributed by atoms with Crippen LogP contribution in [0.15, 0.2) is 6.20 Å². The van der Waals surface area contributed by atoms with Crippen LogP contribution in [0.25, 0.3) is 0 Å². The molecule has 1 N–H and O–H groups in total. The first-order valence-electron chi connectivity index (χ1n) is 7.57. The number of carbonyl (C=O) groups is 1. The normalized spacial score (nSPS) is 15.6. The number of nitrogens with zero attached hydrogens (tertiary/aromatic N) is 3. The minimum absolute atomic E-state index is 0. The molecule has 0 unspecified atom stereocenters. The molecule has 0 aliphatic heterocycles. The van der Waals surface area contributed by atoms with Gasteiger partial charge in [-0.05, 0) is 19.9 Å². The van der Waals surface area contributed by atoms with E-state index in [1.165, 1.54) is 19.3 Å². The first-order chi connectivity index (χ1) is 9.63. The van der Waals surface area contributed by atoms with Crippen molar-refractivity contribution < 1.29 is 4.79 Å². The van der Waals surface area contributed by atoms with E-state index in [9.17, 15) is 4.79 Å². The summed E-state index contributed by atoms with van der Waals surface area (Å²) in [6, 6.07) is 0. The molecule has 0 spiro atoms. The summed E-state index contributed by atoms with van der Waals surface area (Å²) in [5.41, 5.74) is 1.80. The van der Waals surface area contributed by atoms with E-state index in [1.54, 1.807) is 9.58 Å². The molecule has 0 aromatic carbocycles. The van der Waals surface area contributed by atoms with Crippen molar-refractivity contribution in [3.05, 3.63) is 17.5 Å². The number of likely N-dealkylation sites (N-methyl/N-ethyl adjacent to an activating group) is 2. The summed E-state index contributed by atoms with van der Waals surface area (Å²) in [4.78, 5) is 14.3. The SMILES string of the molecule is CNCCN(C)C(=O)c1cn(C)nc1C1CCCCC1.Cl. The van der Waals surface area contributed by atoms with Gasteiger partial charge in [0, 0.05) is 39.3 Å². The molecule has 1 saturated carbocycles. The molecule has 1 aliphatic rings. The molecule has 1 aromatic heterocycles. The van der Waals surface area contributed by atoms with Gasteiger partial charge in [0.25, 0.3) is 5.91 Å². The molecule has 0 atom stereocenters. The minimum Gasteiger partial charge on any atom is -0.340 e. The highest BCUT2D eigenvalue weighted by molar-refractivity contribution is 5.95. The first kappa shape index (κ1) is 18.0. The quantitative estimate of drug-likeness (QED) is 0.906. The maximum Gasteiger partial charge on any atom is 0.257 e. The van der Waals surface area contributed by atoms with E-state index in [1.807, 2.05) is 27.3 Å². The lowest BCUT2D eigenvalue weighted by molar-refractivity contribution is 0.0795. The maximum atomic E-state index is 12.6. The monoisotopic (exact) mass is 314 g/mol. The fourth-order valence-corrected chi connectivity index (χ4v) is 2.93. The molecule has 21 heavy (non-hydrogen) atoms. The van der Waals surface area contributed by atoms with Crippen molar-refractivity contribution in [1.29, 1.82) is 0 Å². The Morgan fingerprint density at radius 3 is 2.71 bits per heavy atom. The number of halogens is 1. The summed E-state index contributed by atoms with van der Waals surface area (Å²) in [5, 5.41) is 7.65. The summed E-state index contributed by atoms with van der Waals surface area (Å²) in [6.07, 6.45) is 8.03. The molecule has 1 fully saturated rings. The second-order valence-corrected chi connectivity index (χ2v) is 5.77. The number of aromatic nitrogens is 2. The van der Waals surface area contributed by atoms with Gasteiger partial charge in [-0.25, -0.2) is 0 Å². The maximum absolute atomic E-state index is 12.6. The van der Waals surface area contributed by atoms with Gasteiger partial charge in [-0.2, -0.15) is 5.10 Å². The average Bonchev–Trinajstić information content (AvgIpc) is 2.86. The Labute approximate surface area is 133 Å². The molecule has 6 heteroatoms. The van der Waals surface area contributed by atoms with Crippen molar-refractivity contribution in [3.8, 4) is 0 Å². The molecule has 120 valence electrons. The highest BCUT2D eigenvalue weighted by Crippen LogP contribution is 2.33. The Balaban J connectivity index is 0.00000220. The third-order valence-electron chi connectivity index (χ3n) is 4.12. The van der Waals surface area contributed by atoms with Gasteiger partial charge in [0.15, 0.2) is 0 Å². The van der Waals surface area contributed by atoms with Crippen molar-refractivity contribution in [2.75, 3.05) is 27.2 Å². The molecule has 0 saturated heterocycles. The van der Waals surface area contributed by atoms with E-state index < -0.39 is 0 Å². The van der Waals surface area contributed by atoms with E-state index in [-0.39, 0.29) is 18.3 Å². The third-order valence-corrected chi connectivity index (χ3v) is 4.12. The summed E-state index contributed by atoms with van der Waals surface area (Å²) in [7, 11) is 5.66. The predicted molar refractivity (Wildman–Crippen MR) is 87.2 cm³/mol. The zero-order valence-corrected chi connectivity index (χ0v) is 14.1. The van der Waals surface area contributed by atoms with Crippen LogP contribution in [0.4, 0.5) is 0 Å². The van der Waals surface area contributed by atoms with Gasteiger partial charge in [0.1, 0.15) is 0 Å². The number of carbonyl (C=O) groups excluding carboxylic acids is 1. The van der Waals surface area contributed by atoms with Crippen LogP contribution in [-0.4, -0.2) is 47.8 Å². The van der Waals surface area contributed by atoms with Gasteiger partial charge < -0.3 is 10.2 Å². The zero-order valence-electron chi connectivity index (χ0n) is 13.3. The number of amides is 1. The molecule has 1 amide bonds. The molecule has 1 aromatic rings. The molecule has 5 nitrogen and oxygen atoms in total. The van der Waals surface area contributed by atoms with Crippen LogP contribution in [0.3, 0.4) is 0 Å². The molecule has 1 heterocycles. The second kappa shape index (κ2) is 8.39. The molecular formula is C15H27ClN4O. The standard InChI is InChI=1S/C15H26N4O.ClH/c1-16-9-10-18(2)15(20)13-11-19(3)17-14(13)12-7-5-4-6-8-12;/h11-12,16H,4-10H2,1-3H3;1H. The van der Waals surface area contributed by atoms with Crippen molar-refractivity contribution in [2.24, 2.45) is 7.05 Å². The topological polar surface area (TPSA) is 50.2 Å². The zero-order chi connectivity index (χ0) is 14.5. The summed E-state index contributed by atoms with van der Waals surface area (Å²) >= 11 is 0. The summed E-state index contributed by atoms with van der Waals surface area (Å²) < 4.78 is 1.78. The van der Waals surface area contributed by atoms with E-state index in [0.717, 1.165) is 30.6 Å². The van der Waals surface area contributed by atoms with Gasteiger partial charge >= 0.3 is 0 Å². The molecule has 2 rings (SSSR count). The first-order valence-corrected chi connectivity index (χ1v) is 7.57. The Kier molecular flexibility index (Phi) is 7.18. The lowest BCUT2D eigenvalue weighted by Crippen LogP contribution is -2.33. The molecule has 1 aliphatic carbocycles. The number of nitrogens with one attached hydrogen (secondary N) is 1. The van der Waals surface area contributed by atoms with Crippen LogP contribution >= 0.6 is 12.4 Å². The van der Waals surface area contributed by atoms with Crippen LogP contribution in [0.2, 0.25) is 0 Å². The number of aryl methyl sites for hydroxylation is 1. The number of hydrogen-bond donors (Lipinski definition) is 1. The van der Waals surface area contributed by atoms with Gasteiger partial charge in [-0.15, -0.1) is 12.4 Å². The van der Waals surface area contributed by atoms with Crippen LogP contribution in [0.5, 0.6) is 0 Å². The van der Waals surface area contributed by atoms with Crippen molar-refractivity contribution in [2.45, 2.75) is 38.0 Å². The second-order valence-electron chi connectivity index (χ2n) is 5.77. The Morgan fingerprint density at radius 2 is 2.10 bits per heavy atom. The lowest BCUT2D eigenvalue weighted by atomic mass is 9.85. The van der Waals surface area contributed by atoms with E-state index in [4.69, 9.17) is 0 Å². The molecule has 0 bridgehead atoms. The smallest absolute Gasteiger partial charge is 0.257 e. The molecule has 0 radical (unpaired) electrons. The minimum atomic E-state index is 0. The van der Waals surface area contributed by atoms with E-state index >= 15 is 0 Å². The highest BCUT2D eigenvalue weighted by Gasteiger charge is 2.26. The molecular weight excluding hydrogens is 288 g/mol.